The molecule has 0 spiro atoms. The van der Waals surface area contributed by atoms with E-state index in [4.69, 9.17) is 0 Å². The van der Waals surface area contributed by atoms with Crippen molar-refractivity contribution < 1.29 is 9.59 Å². The van der Waals surface area contributed by atoms with Crippen LogP contribution in [-0.4, -0.2) is 51.9 Å². The quantitative estimate of drug-likeness (QED) is 0.778. The van der Waals surface area contributed by atoms with E-state index in [-0.39, 0.29) is 23.8 Å². The minimum Gasteiger partial charge on any atom is -0.338 e. The molecule has 4 aliphatic rings. The van der Waals surface area contributed by atoms with Gasteiger partial charge in [-0.25, -0.2) is 0 Å². The molecule has 2 aliphatic carbocycles. The van der Waals surface area contributed by atoms with Crippen molar-refractivity contribution in [1.82, 2.24) is 9.80 Å². The highest BCUT2D eigenvalue weighted by Crippen LogP contribution is 2.39. The summed E-state index contributed by atoms with van der Waals surface area (Å²) in [5.41, 5.74) is 0. The number of carbonyl (C=O) groups is 2. The molecule has 0 aromatic carbocycles. The van der Waals surface area contributed by atoms with Crippen molar-refractivity contribution in [2.24, 2.45) is 11.8 Å². The lowest BCUT2D eigenvalue weighted by atomic mass is 9.84. The van der Waals surface area contributed by atoms with Crippen molar-refractivity contribution in [3.8, 4) is 0 Å². The molecule has 0 N–H and O–H groups in total. The molecule has 2 heterocycles. The van der Waals surface area contributed by atoms with Crippen LogP contribution in [0.5, 0.6) is 0 Å². The molecule has 3 unspecified atom stereocenters. The number of likely N-dealkylation sites (tertiary alicyclic amines) is 1. The van der Waals surface area contributed by atoms with Gasteiger partial charge in [0.15, 0.2) is 0 Å². The molecule has 20 heavy (non-hydrogen) atoms. The van der Waals surface area contributed by atoms with E-state index >= 15 is 0 Å². The van der Waals surface area contributed by atoms with Crippen molar-refractivity contribution in [3.05, 3.63) is 0 Å². The summed E-state index contributed by atoms with van der Waals surface area (Å²) in [5, 5.41) is 0. The standard InChI is InChI=1S/C15H22N2O2S/c18-14(11-2-1-3-11)17-9-20-8-13(17)15(19)16-7-10-4-5-12(16)6-10/h10-13H,1-9H2. The van der Waals surface area contributed by atoms with Gasteiger partial charge in [-0.1, -0.05) is 6.42 Å². The van der Waals surface area contributed by atoms with Crippen LogP contribution in [-0.2, 0) is 9.59 Å². The molecule has 4 nitrogen and oxygen atoms in total. The van der Waals surface area contributed by atoms with Gasteiger partial charge >= 0.3 is 0 Å². The lowest BCUT2D eigenvalue weighted by Crippen LogP contribution is -2.52. The maximum absolute atomic E-state index is 12.8. The van der Waals surface area contributed by atoms with Gasteiger partial charge in [0.25, 0.3) is 0 Å². The Balaban J connectivity index is 1.46. The second-order valence-electron chi connectivity index (χ2n) is 6.78. The Morgan fingerprint density at radius 1 is 1.00 bits per heavy atom. The predicted molar refractivity (Wildman–Crippen MR) is 78.1 cm³/mol. The number of carbonyl (C=O) groups excluding carboxylic acids is 2. The zero-order valence-electron chi connectivity index (χ0n) is 11.8. The summed E-state index contributed by atoms with van der Waals surface area (Å²) in [6.07, 6.45) is 6.88. The Kier molecular flexibility index (Phi) is 3.20. The molecule has 0 aromatic heterocycles. The van der Waals surface area contributed by atoms with Crippen molar-refractivity contribution in [2.45, 2.75) is 50.6 Å². The number of hydrogen-bond donors (Lipinski definition) is 0. The molecule has 2 saturated carbocycles. The van der Waals surface area contributed by atoms with Gasteiger partial charge in [0, 0.05) is 24.3 Å². The van der Waals surface area contributed by atoms with Gasteiger partial charge < -0.3 is 9.80 Å². The summed E-state index contributed by atoms with van der Waals surface area (Å²) >= 11 is 1.74. The second kappa shape index (κ2) is 4.93. The molecule has 2 saturated heterocycles. The summed E-state index contributed by atoms with van der Waals surface area (Å²) < 4.78 is 0. The third kappa shape index (κ3) is 1.97. The van der Waals surface area contributed by atoms with E-state index in [1.807, 2.05) is 4.90 Å². The maximum Gasteiger partial charge on any atom is 0.246 e. The highest BCUT2D eigenvalue weighted by atomic mass is 32.2. The highest BCUT2D eigenvalue weighted by Gasteiger charge is 2.46. The van der Waals surface area contributed by atoms with E-state index in [2.05, 4.69) is 4.90 Å². The fourth-order valence-electron chi connectivity index (χ4n) is 4.14. The first-order chi connectivity index (χ1) is 9.74. The first kappa shape index (κ1) is 13.0. The normalized spacial score (nSPS) is 36.5. The summed E-state index contributed by atoms with van der Waals surface area (Å²) in [4.78, 5) is 29.2. The first-order valence-corrected chi connectivity index (χ1v) is 9.08. The zero-order chi connectivity index (χ0) is 13.7. The summed E-state index contributed by atoms with van der Waals surface area (Å²) in [6, 6.07) is 0.297. The van der Waals surface area contributed by atoms with Gasteiger partial charge in [0.05, 0.1) is 5.88 Å². The summed E-state index contributed by atoms with van der Waals surface area (Å²) in [7, 11) is 0. The Morgan fingerprint density at radius 3 is 2.45 bits per heavy atom. The van der Waals surface area contributed by atoms with E-state index in [1.165, 1.54) is 25.7 Å². The molecular weight excluding hydrogens is 272 g/mol. The smallest absolute Gasteiger partial charge is 0.246 e. The van der Waals surface area contributed by atoms with Crippen LogP contribution in [0.3, 0.4) is 0 Å². The third-order valence-electron chi connectivity index (χ3n) is 5.60. The fraction of sp³-hybridized carbons (Fsp3) is 0.867. The number of hydrogen-bond acceptors (Lipinski definition) is 3. The van der Waals surface area contributed by atoms with Gasteiger partial charge in [0.1, 0.15) is 6.04 Å². The molecule has 0 aromatic rings. The highest BCUT2D eigenvalue weighted by molar-refractivity contribution is 7.99. The van der Waals surface area contributed by atoms with Crippen LogP contribution in [0.4, 0.5) is 0 Å². The van der Waals surface area contributed by atoms with Gasteiger partial charge in [-0.3, -0.25) is 9.59 Å². The van der Waals surface area contributed by atoms with E-state index < -0.39 is 0 Å². The molecule has 4 fully saturated rings. The van der Waals surface area contributed by atoms with Crippen LogP contribution in [0, 0.1) is 11.8 Å². The molecule has 2 aliphatic heterocycles. The SMILES string of the molecule is O=C(C1CSCN1C(=O)C1CCC1)N1CC2CCC1C2. The van der Waals surface area contributed by atoms with E-state index in [0.29, 0.717) is 11.9 Å². The van der Waals surface area contributed by atoms with Crippen LogP contribution >= 0.6 is 11.8 Å². The van der Waals surface area contributed by atoms with Crippen LogP contribution in [0.25, 0.3) is 0 Å². The first-order valence-electron chi connectivity index (χ1n) is 7.93. The van der Waals surface area contributed by atoms with E-state index in [0.717, 1.165) is 31.1 Å². The maximum atomic E-state index is 12.8. The summed E-state index contributed by atoms with van der Waals surface area (Å²) in [5.74, 6) is 2.92. The Bertz CT molecular complexity index is 438. The number of fused-ring (bicyclic) bond motifs is 2. The molecule has 3 atom stereocenters. The third-order valence-corrected chi connectivity index (χ3v) is 6.61. The average Bonchev–Trinajstić information content (AvgIpc) is 3.11. The number of nitrogens with zero attached hydrogens (tertiary/aromatic N) is 2. The Labute approximate surface area is 124 Å². The lowest BCUT2D eigenvalue weighted by Gasteiger charge is -2.35. The lowest BCUT2D eigenvalue weighted by molar-refractivity contribution is -0.148. The van der Waals surface area contributed by atoms with Crippen LogP contribution in [0.1, 0.15) is 38.5 Å². The minimum atomic E-state index is -0.174. The van der Waals surface area contributed by atoms with Crippen molar-refractivity contribution in [2.75, 3.05) is 18.2 Å². The zero-order valence-corrected chi connectivity index (χ0v) is 12.6. The minimum absolute atomic E-state index is 0.174. The fourth-order valence-corrected chi connectivity index (χ4v) is 5.30. The van der Waals surface area contributed by atoms with Crippen LogP contribution < -0.4 is 0 Å². The van der Waals surface area contributed by atoms with Gasteiger partial charge in [-0.2, -0.15) is 0 Å². The van der Waals surface area contributed by atoms with E-state index in [9.17, 15) is 9.59 Å². The van der Waals surface area contributed by atoms with Crippen molar-refractivity contribution >= 4 is 23.6 Å². The van der Waals surface area contributed by atoms with Crippen LogP contribution in [0.15, 0.2) is 0 Å². The molecule has 0 radical (unpaired) electrons. The van der Waals surface area contributed by atoms with Gasteiger partial charge in [-0.05, 0) is 38.0 Å². The molecule has 4 rings (SSSR count). The molecular formula is C15H22N2O2S. The molecule has 5 heteroatoms. The average molecular weight is 294 g/mol. The molecule has 110 valence electrons. The predicted octanol–water partition coefficient (Wildman–Crippen LogP) is 1.70. The number of thioether (sulfide) groups is 1. The Hall–Kier alpha value is -0.710. The topological polar surface area (TPSA) is 40.6 Å². The number of piperidine rings is 1. The van der Waals surface area contributed by atoms with Crippen molar-refractivity contribution in [3.63, 3.8) is 0 Å². The van der Waals surface area contributed by atoms with Gasteiger partial charge in [0.2, 0.25) is 11.8 Å². The second-order valence-corrected chi connectivity index (χ2v) is 7.77. The van der Waals surface area contributed by atoms with Crippen LogP contribution in [0.2, 0.25) is 0 Å². The largest absolute Gasteiger partial charge is 0.338 e. The summed E-state index contributed by atoms with van der Waals surface area (Å²) in [6.45, 7) is 0.941. The molecule has 2 amide bonds. The number of amides is 2. The molecule has 2 bridgehead atoms. The van der Waals surface area contributed by atoms with E-state index in [1.54, 1.807) is 11.8 Å². The number of rotatable bonds is 2. The van der Waals surface area contributed by atoms with Gasteiger partial charge in [-0.15, -0.1) is 11.8 Å². The van der Waals surface area contributed by atoms with Crippen molar-refractivity contribution in [1.29, 1.82) is 0 Å². The Morgan fingerprint density at radius 2 is 1.85 bits per heavy atom. The monoisotopic (exact) mass is 294 g/mol.